The number of anilines is 1. The Labute approximate surface area is 154 Å². The molecule has 1 N–H and O–H groups in total. The van der Waals surface area contributed by atoms with Crippen LogP contribution in [0.2, 0.25) is 0 Å². The van der Waals surface area contributed by atoms with Crippen LogP contribution < -0.4 is 10.2 Å². The molecule has 2 aliphatic rings. The average Bonchev–Trinajstić information content (AvgIpc) is 3.52. The van der Waals surface area contributed by atoms with Crippen LogP contribution in [0.5, 0.6) is 0 Å². The second-order valence-electron chi connectivity index (χ2n) is 6.97. The number of hydrogen-bond donors (Lipinski definition) is 1. The first-order chi connectivity index (χ1) is 12.7. The molecule has 0 bridgehead atoms. The van der Waals surface area contributed by atoms with Gasteiger partial charge in [-0.2, -0.15) is 0 Å². The molecule has 4 rings (SSSR count). The molecule has 0 atom stereocenters. The van der Waals surface area contributed by atoms with Crippen molar-refractivity contribution in [3.8, 4) is 11.4 Å². The molecule has 1 saturated carbocycles. The van der Waals surface area contributed by atoms with E-state index in [2.05, 4.69) is 27.0 Å². The molecule has 1 aromatic carbocycles. The van der Waals surface area contributed by atoms with Crippen LogP contribution in [0.3, 0.4) is 0 Å². The van der Waals surface area contributed by atoms with E-state index in [0.717, 1.165) is 56.9 Å². The summed E-state index contributed by atoms with van der Waals surface area (Å²) in [7, 11) is 0. The second-order valence-corrected chi connectivity index (χ2v) is 6.97. The molecule has 1 aromatic heterocycles. The van der Waals surface area contributed by atoms with Gasteiger partial charge in [-0.25, -0.2) is 9.97 Å². The summed E-state index contributed by atoms with van der Waals surface area (Å²) in [6, 6.07) is 12.0. The topological polar surface area (TPSA) is 61.4 Å². The molecule has 2 aromatic rings. The van der Waals surface area contributed by atoms with Crippen molar-refractivity contribution in [2.24, 2.45) is 0 Å². The van der Waals surface area contributed by atoms with Crippen LogP contribution in [-0.2, 0) is 0 Å². The van der Waals surface area contributed by atoms with Gasteiger partial charge in [0, 0.05) is 43.9 Å². The minimum Gasteiger partial charge on any atom is -0.354 e. The highest BCUT2D eigenvalue weighted by Crippen LogP contribution is 2.23. The smallest absolute Gasteiger partial charge is 0.270 e. The third kappa shape index (κ3) is 3.85. The van der Waals surface area contributed by atoms with E-state index in [9.17, 15) is 4.79 Å². The van der Waals surface area contributed by atoms with Gasteiger partial charge in [0.1, 0.15) is 11.5 Å². The Bertz CT molecular complexity index is 767. The summed E-state index contributed by atoms with van der Waals surface area (Å²) in [5.41, 5.74) is 1.39. The summed E-state index contributed by atoms with van der Waals surface area (Å²) in [6.45, 7) is 7.14. The van der Waals surface area contributed by atoms with Crippen LogP contribution in [0, 0.1) is 0 Å². The van der Waals surface area contributed by atoms with Gasteiger partial charge in [0.05, 0.1) is 0 Å². The molecule has 1 amide bonds. The fourth-order valence-corrected chi connectivity index (χ4v) is 3.21. The fraction of sp³-hybridized carbons (Fsp3) is 0.450. The van der Waals surface area contributed by atoms with Crippen molar-refractivity contribution in [3.63, 3.8) is 0 Å². The molecule has 1 aliphatic heterocycles. The lowest BCUT2D eigenvalue weighted by Crippen LogP contribution is -2.46. The SMILES string of the molecule is CCN1CCN(c2cc(C(=O)NC3CC3)nc(-c3ccccc3)n2)CC1. The first-order valence-electron chi connectivity index (χ1n) is 9.45. The minimum absolute atomic E-state index is 0.0967. The molecule has 0 unspecified atom stereocenters. The first kappa shape index (κ1) is 17.0. The molecule has 0 spiro atoms. The summed E-state index contributed by atoms with van der Waals surface area (Å²) >= 11 is 0. The van der Waals surface area contributed by atoms with Crippen LogP contribution in [-0.4, -0.2) is 59.5 Å². The summed E-state index contributed by atoms with van der Waals surface area (Å²) in [5, 5.41) is 3.04. The van der Waals surface area contributed by atoms with Crippen LogP contribution in [0.1, 0.15) is 30.3 Å². The van der Waals surface area contributed by atoms with Crippen molar-refractivity contribution >= 4 is 11.7 Å². The number of nitrogens with one attached hydrogen (secondary N) is 1. The van der Waals surface area contributed by atoms with Gasteiger partial charge in [-0.3, -0.25) is 4.79 Å². The lowest BCUT2D eigenvalue weighted by atomic mass is 10.2. The Hall–Kier alpha value is -2.47. The maximum absolute atomic E-state index is 12.6. The van der Waals surface area contributed by atoms with E-state index < -0.39 is 0 Å². The highest BCUT2D eigenvalue weighted by atomic mass is 16.2. The molecule has 2 fully saturated rings. The van der Waals surface area contributed by atoms with Crippen molar-refractivity contribution in [2.45, 2.75) is 25.8 Å². The molecule has 0 radical (unpaired) electrons. The molecule has 26 heavy (non-hydrogen) atoms. The predicted molar refractivity (Wildman–Crippen MR) is 102 cm³/mol. The Morgan fingerprint density at radius 1 is 1.12 bits per heavy atom. The van der Waals surface area contributed by atoms with Crippen LogP contribution in [0.15, 0.2) is 36.4 Å². The third-order valence-corrected chi connectivity index (χ3v) is 5.03. The summed E-state index contributed by atoms with van der Waals surface area (Å²) in [6.07, 6.45) is 2.13. The van der Waals surface area contributed by atoms with Gasteiger partial charge in [-0.05, 0) is 19.4 Å². The van der Waals surface area contributed by atoms with Crippen molar-refractivity contribution < 1.29 is 4.79 Å². The normalized spacial score (nSPS) is 18.0. The van der Waals surface area contributed by atoms with Gasteiger partial charge in [0.15, 0.2) is 5.82 Å². The van der Waals surface area contributed by atoms with Crippen LogP contribution in [0.4, 0.5) is 5.82 Å². The van der Waals surface area contributed by atoms with E-state index in [1.807, 2.05) is 36.4 Å². The number of amides is 1. The van der Waals surface area contributed by atoms with Crippen LogP contribution in [0.25, 0.3) is 11.4 Å². The largest absolute Gasteiger partial charge is 0.354 e. The summed E-state index contributed by atoms with van der Waals surface area (Å²) < 4.78 is 0. The summed E-state index contributed by atoms with van der Waals surface area (Å²) in [5.74, 6) is 1.36. The van der Waals surface area contributed by atoms with Gasteiger partial charge in [0.25, 0.3) is 5.91 Å². The maximum Gasteiger partial charge on any atom is 0.270 e. The number of benzene rings is 1. The van der Waals surface area contributed by atoms with Gasteiger partial charge in [-0.15, -0.1) is 0 Å². The number of rotatable bonds is 5. The van der Waals surface area contributed by atoms with E-state index in [-0.39, 0.29) is 5.91 Å². The Balaban J connectivity index is 1.64. The minimum atomic E-state index is -0.0967. The van der Waals surface area contributed by atoms with E-state index >= 15 is 0 Å². The standard InChI is InChI=1S/C20H25N5O/c1-2-24-10-12-25(13-11-24)18-14-17(20(26)21-16-8-9-16)22-19(23-18)15-6-4-3-5-7-15/h3-7,14,16H,2,8-13H2,1H3,(H,21,26). The number of carbonyl (C=O) groups excluding carboxylic acids is 1. The molecule has 6 nitrogen and oxygen atoms in total. The zero-order valence-corrected chi connectivity index (χ0v) is 15.2. The maximum atomic E-state index is 12.6. The van der Waals surface area contributed by atoms with Crippen molar-refractivity contribution in [1.82, 2.24) is 20.2 Å². The molecular formula is C20H25N5O. The number of aromatic nitrogens is 2. The number of piperazine rings is 1. The fourth-order valence-electron chi connectivity index (χ4n) is 3.21. The van der Waals surface area contributed by atoms with Gasteiger partial charge in [-0.1, -0.05) is 37.3 Å². The van der Waals surface area contributed by atoms with Crippen molar-refractivity contribution in [3.05, 3.63) is 42.1 Å². The molecule has 1 saturated heterocycles. The van der Waals surface area contributed by atoms with Gasteiger partial charge >= 0.3 is 0 Å². The first-order valence-corrected chi connectivity index (χ1v) is 9.45. The zero-order chi connectivity index (χ0) is 17.9. The zero-order valence-electron chi connectivity index (χ0n) is 15.2. The Morgan fingerprint density at radius 3 is 2.50 bits per heavy atom. The number of hydrogen-bond acceptors (Lipinski definition) is 5. The molecule has 136 valence electrons. The van der Waals surface area contributed by atoms with E-state index in [4.69, 9.17) is 4.98 Å². The average molecular weight is 351 g/mol. The van der Waals surface area contributed by atoms with E-state index in [1.165, 1.54) is 0 Å². The highest BCUT2D eigenvalue weighted by Gasteiger charge is 2.26. The Kier molecular flexibility index (Phi) is 4.84. The van der Waals surface area contributed by atoms with Gasteiger partial charge < -0.3 is 15.1 Å². The highest BCUT2D eigenvalue weighted by molar-refractivity contribution is 5.93. The predicted octanol–water partition coefficient (Wildman–Crippen LogP) is 2.18. The van der Waals surface area contributed by atoms with E-state index in [1.54, 1.807) is 0 Å². The third-order valence-electron chi connectivity index (χ3n) is 5.03. The number of carbonyl (C=O) groups is 1. The van der Waals surface area contributed by atoms with Crippen molar-refractivity contribution in [2.75, 3.05) is 37.6 Å². The van der Waals surface area contributed by atoms with Gasteiger partial charge in [0.2, 0.25) is 0 Å². The van der Waals surface area contributed by atoms with Crippen molar-refractivity contribution in [1.29, 1.82) is 0 Å². The Morgan fingerprint density at radius 2 is 1.85 bits per heavy atom. The molecule has 2 heterocycles. The van der Waals surface area contributed by atoms with Crippen LogP contribution >= 0.6 is 0 Å². The monoisotopic (exact) mass is 351 g/mol. The quantitative estimate of drug-likeness (QED) is 0.895. The van der Waals surface area contributed by atoms with E-state index in [0.29, 0.717) is 17.6 Å². The number of likely N-dealkylation sites (N-methyl/N-ethyl adjacent to an activating group) is 1. The molecule has 6 heteroatoms. The molecule has 1 aliphatic carbocycles. The lowest BCUT2D eigenvalue weighted by molar-refractivity contribution is 0.0946. The second kappa shape index (κ2) is 7.41. The summed E-state index contributed by atoms with van der Waals surface area (Å²) in [4.78, 5) is 26.6. The number of nitrogens with zero attached hydrogens (tertiary/aromatic N) is 4. The molecular weight excluding hydrogens is 326 g/mol. The lowest BCUT2D eigenvalue weighted by Gasteiger charge is -2.34.